The van der Waals surface area contributed by atoms with Gasteiger partial charge in [0.25, 0.3) is 0 Å². The first-order chi connectivity index (χ1) is 12.9. The van der Waals surface area contributed by atoms with Crippen LogP contribution in [0.3, 0.4) is 0 Å². The Morgan fingerprint density at radius 2 is 2.08 bits per heavy atom. The number of rotatable bonds is 6. The summed E-state index contributed by atoms with van der Waals surface area (Å²) >= 11 is 0. The second-order valence-corrected chi connectivity index (χ2v) is 6.76. The molecule has 6 nitrogen and oxygen atoms in total. The van der Waals surface area contributed by atoms with E-state index in [0.717, 1.165) is 37.7 Å². The molecule has 3 heterocycles. The van der Waals surface area contributed by atoms with E-state index in [2.05, 4.69) is 32.1 Å². The third kappa shape index (κ3) is 4.26. The zero-order chi connectivity index (χ0) is 17.6. The van der Waals surface area contributed by atoms with Crippen molar-refractivity contribution in [2.75, 3.05) is 13.1 Å². The number of piperidine rings is 1. The highest BCUT2D eigenvalue weighted by Gasteiger charge is 2.21. The molecule has 26 heavy (non-hydrogen) atoms. The minimum atomic E-state index is 0.608. The van der Waals surface area contributed by atoms with Gasteiger partial charge >= 0.3 is 0 Å². The lowest BCUT2D eigenvalue weighted by atomic mass is 9.97. The maximum absolute atomic E-state index is 6.05. The van der Waals surface area contributed by atoms with Crippen LogP contribution < -0.4 is 4.74 Å². The van der Waals surface area contributed by atoms with Crippen LogP contribution in [0, 0.1) is 5.92 Å². The normalized spacial score (nSPS) is 17.9. The largest absolute Gasteiger partial charge is 0.455 e. The smallest absolute Gasteiger partial charge is 0.145 e. The maximum Gasteiger partial charge on any atom is 0.145 e. The highest BCUT2D eigenvalue weighted by Crippen LogP contribution is 2.27. The Bertz CT molecular complexity index is 806. The number of pyridine rings is 1. The summed E-state index contributed by atoms with van der Waals surface area (Å²) in [6.45, 7) is 4.02. The number of hydrogen-bond acceptors (Lipinski definition) is 5. The number of hydrogen-bond donors (Lipinski definition) is 0. The number of ether oxygens (including phenoxy) is 1. The van der Waals surface area contributed by atoms with Crippen molar-refractivity contribution in [3.63, 3.8) is 0 Å². The molecule has 134 valence electrons. The molecule has 0 spiro atoms. The van der Waals surface area contributed by atoms with E-state index in [1.165, 1.54) is 18.4 Å². The van der Waals surface area contributed by atoms with Gasteiger partial charge in [-0.05, 0) is 43.5 Å². The molecule has 1 saturated heterocycles. The quantitative estimate of drug-likeness (QED) is 0.683. The van der Waals surface area contributed by atoms with Gasteiger partial charge in [0.15, 0.2) is 0 Å². The minimum Gasteiger partial charge on any atom is -0.455 e. The minimum absolute atomic E-state index is 0.608. The molecule has 2 aromatic heterocycles. The van der Waals surface area contributed by atoms with Crippen molar-refractivity contribution < 1.29 is 4.74 Å². The van der Waals surface area contributed by atoms with E-state index in [-0.39, 0.29) is 0 Å². The Labute approximate surface area is 153 Å². The van der Waals surface area contributed by atoms with E-state index < -0.39 is 0 Å². The first kappa shape index (κ1) is 16.7. The lowest BCUT2D eigenvalue weighted by Gasteiger charge is -2.33. The number of nitrogens with zero attached hydrogens (tertiary/aromatic N) is 5. The molecule has 4 rings (SSSR count). The van der Waals surface area contributed by atoms with Crippen molar-refractivity contribution >= 4 is 0 Å². The number of benzene rings is 1. The number of likely N-dealkylation sites (tertiary alicyclic amines) is 1. The predicted octanol–water partition coefficient (Wildman–Crippen LogP) is 3.38. The Balaban J connectivity index is 1.42. The van der Waals surface area contributed by atoms with Gasteiger partial charge in [-0.15, -0.1) is 0 Å². The monoisotopic (exact) mass is 349 g/mol. The van der Waals surface area contributed by atoms with Crippen molar-refractivity contribution in [2.45, 2.75) is 25.9 Å². The van der Waals surface area contributed by atoms with Gasteiger partial charge in [0, 0.05) is 31.4 Å². The second kappa shape index (κ2) is 8.10. The zero-order valence-corrected chi connectivity index (χ0v) is 14.7. The average molecular weight is 349 g/mol. The van der Waals surface area contributed by atoms with Gasteiger partial charge < -0.3 is 4.74 Å². The summed E-state index contributed by atoms with van der Waals surface area (Å²) in [4.78, 5) is 10.7. The van der Waals surface area contributed by atoms with E-state index in [4.69, 9.17) is 4.74 Å². The average Bonchev–Trinajstić information content (AvgIpc) is 3.18. The molecule has 3 aromatic rings. The van der Waals surface area contributed by atoms with Crippen LogP contribution in [0.2, 0.25) is 0 Å². The summed E-state index contributed by atoms with van der Waals surface area (Å²) in [7, 11) is 0. The highest BCUT2D eigenvalue weighted by molar-refractivity contribution is 5.37. The summed E-state index contributed by atoms with van der Waals surface area (Å²) in [5.74, 6) is 2.28. The molecule has 1 aromatic carbocycles. The molecule has 1 aliphatic heterocycles. The summed E-state index contributed by atoms with van der Waals surface area (Å²) in [5, 5.41) is 4.24. The van der Waals surface area contributed by atoms with E-state index in [1.807, 2.05) is 28.9 Å². The SMILES string of the molecule is c1cncc(Oc2ccccc2CN2CCC[C@H](Cn3cncn3)C2)c1. The summed E-state index contributed by atoms with van der Waals surface area (Å²) in [5.41, 5.74) is 1.21. The topological polar surface area (TPSA) is 56.1 Å². The van der Waals surface area contributed by atoms with Crippen molar-refractivity contribution in [3.8, 4) is 11.5 Å². The molecular formula is C20H23N5O. The molecule has 0 aliphatic carbocycles. The Morgan fingerprint density at radius 1 is 1.12 bits per heavy atom. The van der Waals surface area contributed by atoms with Crippen molar-refractivity contribution in [1.29, 1.82) is 0 Å². The first-order valence-electron chi connectivity index (χ1n) is 9.07. The molecule has 6 heteroatoms. The Kier molecular flexibility index (Phi) is 5.21. The van der Waals surface area contributed by atoms with Crippen LogP contribution in [0.15, 0.2) is 61.4 Å². The van der Waals surface area contributed by atoms with E-state index >= 15 is 0 Å². The molecular weight excluding hydrogens is 326 g/mol. The fourth-order valence-corrected chi connectivity index (χ4v) is 3.54. The zero-order valence-electron chi connectivity index (χ0n) is 14.7. The second-order valence-electron chi connectivity index (χ2n) is 6.76. The summed E-state index contributed by atoms with van der Waals surface area (Å²) in [6, 6.07) is 12.1. The summed E-state index contributed by atoms with van der Waals surface area (Å²) in [6.07, 6.45) is 9.35. The van der Waals surface area contributed by atoms with Crippen LogP contribution >= 0.6 is 0 Å². The van der Waals surface area contributed by atoms with Gasteiger partial charge in [-0.2, -0.15) is 5.10 Å². The van der Waals surface area contributed by atoms with Crippen molar-refractivity contribution in [1.82, 2.24) is 24.6 Å². The van der Waals surface area contributed by atoms with Gasteiger partial charge in [-0.25, -0.2) is 4.98 Å². The molecule has 0 amide bonds. The van der Waals surface area contributed by atoms with Crippen molar-refractivity contribution in [2.24, 2.45) is 5.92 Å². The van der Waals surface area contributed by atoms with Gasteiger partial charge in [-0.1, -0.05) is 18.2 Å². The highest BCUT2D eigenvalue weighted by atomic mass is 16.5. The standard InChI is InChI=1S/C20H23N5O/c1-2-8-20(26-19-7-3-9-21-11-19)18(6-1)14-24-10-4-5-17(12-24)13-25-16-22-15-23-25/h1-3,6-9,11,15-17H,4-5,10,12-14H2/t17-/m0/s1. The predicted molar refractivity (Wildman–Crippen MR) is 98.8 cm³/mol. The molecule has 0 N–H and O–H groups in total. The van der Waals surface area contributed by atoms with Crippen molar-refractivity contribution in [3.05, 3.63) is 67.0 Å². The number of aromatic nitrogens is 4. The molecule has 0 bridgehead atoms. The van der Waals surface area contributed by atoms with Gasteiger partial charge in [0.2, 0.25) is 0 Å². The maximum atomic E-state index is 6.05. The van der Waals surface area contributed by atoms with Crippen LogP contribution in [-0.4, -0.2) is 37.7 Å². The third-order valence-corrected chi connectivity index (χ3v) is 4.74. The van der Waals surface area contributed by atoms with Crippen LogP contribution in [0.4, 0.5) is 0 Å². The third-order valence-electron chi connectivity index (χ3n) is 4.74. The Morgan fingerprint density at radius 3 is 2.92 bits per heavy atom. The fraction of sp³-hybridized carbons (Fsp3) is 0.350. The van der Waals surface area contributed by atoms with Gasteiger partial charge in [0.1, 0.15) is 24.2 Å². The number of para-hydroxylation sites is 1. The van der Waals surface area contributed by atoms with Crippen LogP contribution in [-0.2, 0) is 13.1 Å². The van der Waals surface area contributed by atoms with Crippen LogP contribution in [0.5, 0.6) is 11.5 Å². The molecule has 1 fully saturated rings. The van der Waals surface area contributed by atoms with E-state index in [0.29, 0.717) is 5.92 Å². The van der Waals surface area contributed by atoms with E-state index in [9.17, 15) is 0 Å². The van der Waals surface area contributed by atoms with Crippen LogP contribution in [0.1, 0.15) is 18.4 Å². The van der Waals surface area contributed by atoms with Gasteiger partial charge in [0.05, 0.1) is 6.20 Å². The lowest BCUT2D eigenvalue weighted by Crippen LogP contribution is -2.36. The fourth-order valence-electron chi connectivity index (χ4n) is 3.54. The molecule has 0 radical (unpaired) electrons. The van der Waals surface area contributed by atoms with E-state index in [1.54, 1.807) is 25.0 Å². The molecule has 0 saturated carbocycles. The Hall–Kier alpha value is -2.73. The molecule has 0 unspecified atom stereocenters. The molecule has 1 atom stereocenters. The van der Waals surface area contributed by atoms with Gasteiger partial charge in [-0.3, -0.25) is 14.6 Å². The van der Waals surface area contributed by atoms with Crippen LogP contribution in [0.25, 0.3) is 0 Å². The first-order valence-corrected chi connectivity index (χ1v) is 9.07. The lowest BCUT2D eigenvalue weighted by molar-refractivity contribution is 0.152. The molecule has 1 aliphatic rings. The summed E-state index contributed by atoms with van der Waals surface area (Å²) < 4.78 is 7.99.